The zero-order chi connectivity index (χ0) is 19.2. The topological polar surface area (TPSA) is 117 Å². The number of nitrogens with one attached hydrogen (secondary N) is 1. The van der Waals surface area contributed by atoms with Gasteiger partial charge in [0.15, 0.2) is 5.58 Å². The maximum atomic E-state index is 11.9. The number of nitrogens with zero attached hydrogens (tertiary/aromatic N) is 2. The maximum absolute atomic E-state index is 11.9. The fraction of sp³-hybridized carbons (Fsp3) is 0.222. The quantitative estimate of drug-likeness (QED) is 0.480. The average molecular weight is 371 g/mol. The first-order valence-corrected chi connectivity index (χ1v) is 8.27. The fourth-order valence-corrected chi connectivity index (χ4v) is 2.60. The van der Waals surface area contributed by atoms with Gasteiger partial charge in [0, 0.05) is 19.0 Å². The van der Waals surface area contributed by atoms with Crippen molar-refractivity contribution < 1.29 is 19.0 Å². The van der Waals surface area contributed by atoms with Gasteiger partial charge >= 0.3 is 5.76 Å². The van der Waals surface area contributed by atoms with E-state index in [1.165, 1.54) is 22.8 Å². The van der Waals surface area contributed by atoms with Gasteiger partial charge in [-0.3, -0.25) is 24.3 Å². The van der Waals surface area contributed by atoms with Crippen LogP contribution in [0.15, 0.2) is 57.7 Å². The van der Waals surface area contributed by atoms with Crippen molar-refractivity contribution in [2.45, 2.75) is 26.0 Å². The average Bonchev–Trinajstić information content (AvgIpc) is 2.97. The largest absolute Gasteiger partial charge is 0.419 e. The molecule has 27 heavy (non-hydrogen) atoms. The summed E-state index contributed by atoms with van der Waals surface area (Å²) in [5.74, 6) is -0.923. The Bertz CT molecular complexity index is 1010. The molecule has 3 aromatic rings. The molecule has 0 saturated heterocycles. The summed E-state index contributed by atoms with van der Waals surface area (Å²) in [4.78, 5) is 39.1. The number of carbonyl (C=O) groups excluding carboxylic acids is 1. The van der Waals surface area contributed by atoms with Gasteiger partial charge in [0.2, 0.25) is 5.91 Å². The van der Waals surface area contributed by atoms with Crippen molar-refractivity contribution >= 4 is 22.7 Å². The van der Waals surface area contributed by atoms with E-state index in [9.17, 15) is 19.7 Å². The number of non-ortho nitro benzene ring substituents is 1. The highest BCUT2D eigenvalue weighted by Gasteiger charge is 2.14. The molecule has 0 aliphatic carbocycles. The van der Waals surface area contributed by atoms with E-state index >= 15 is 0 Å². The summed E-state index contributed by atoms with van der Waals surface area (Å²) in [6.07, 6.45) is 0.535. The third-order valence-electron chi connectivity index (χ3n) is 3.92. The number of rotatable bonds is 8. The number of carbonyl (C=O) groups is 1. The Morgan fingerprint density at radius 2 is 2.00 bits per heavy atom. The minimum Gasteiger partial charge on any atom is -0.407 e. The van der Waals surface area contributed by atoms with Gasteiger partial charge in [-0.25, -0.2) is 10.3 Å². The molecule has 0 aliphatic rings. The number of aryl methyl sites for hydroxylation is 1. The van der Waals surface area contributed by atoms with Crippen molar-refractivity contribution in [3.05, 3.63) is 74.8 Å². The molecule has 0 radical (unpaired) electrons. The highest BCUT2D eigenvalue weighted by atomic mass is 16.7. The smallest absolute Gasteiger partial charge is 0.407 e. The van der Waals surface area contributed by atoms with Crippen molar-refractivity contribution in [3.8, 4) is 0 Å². The second-order valence-electron chi connectivity index (χ2n) is 5.83. The number of benzene rings is 2. The molecule has 0 bridgehead atoms. The molecule has 0 saturated carbocycles. The Labute approximate surface area is 153 Å². The molecule has 9 nitrogen and oxygen atoms in total. The van der Waals surface area contributed by atoms with E-state index < -0.39 is 10.7 Å². The Morgan fingerprint density at radius 1 is 1.22 bits per heavy atom. The Hall–Kier alpha value is -3.46. The minimum absolute atomic E-state index is 0.143. The van der Waals surface area contributed by atoms with Gasteiger partial charge < -0.3 is 4.42 Å². The van der Waals surface area contributed by atoms with Gasteiger partial charge in [-0.1, -0.05) is 30.3 Å². The predicted molar refractivity (Wildman–Crippen MR) is 95.7 cm³/mol. The molecule has 0 aliphatic heterocycles. The molecule has 0 fully saturated rings. The molecular formula is C18H17N3O6. The lowest BCUT2D eigenvalue weighted by molar-refractivity contribution is -0.384. The van der Waals surface area contributed by atoms with Crippen molar-refractivity contribution in [2.75, 3.05) is 0 Å². The summed E-state index contributed by atoms with van der Waals surface area (Å²) in [6.45, 7) is 0.507. The number of amides is 1. The lowest BCUT2D eigenvalue weighted by Gasteiger charge is -2.06. The molecule has 1 heterocycles. The van der Waals surface area contributed by atoms with E-state index in [2.05, 4.69) is 5.48 Å². The third-order valence-corrected chi connectivity index (χ3v) is 3.92. The zero-order valence-corrected chi connectivity index (χ0v) is 14.3. The van der Waals surface area contributed by atoms with Gasteiger partial charge in [-0.2, -0.15) is 0 Å². The van der Waals surface area contributed by atoms with E-state index in [0.717, 1.165) is 5.56 Å². The summed E-state index contributed by atoms with van der Waals surface area (Å²) >= 11 is 0. The molecule has 1 aromatic heterocycles. The number of nitro benzene ring substituents is 1. The van der Waals surface area contributed by atoms with E-state index in [4.69, 9.17) is 9.25 Å². The van der Waals surface area contributed by atoms with E-state index in [-0.39, 0.29) is 36.8 Å². The fourth-order valence-electron chi connectivity index (χ4n) is 2.60. The molecule has 1 amide bonds. The Kier molecular flexibility index (Phi) is 5.62. The first-order chi connectivity index (χ1) is 13.0. The zero-order valence-electron chi connectivity index (χ0n) is 14.3. The van der Waals surface area contributed by atoms with Gasteiger partial charge in [0.1, 0.15) is 0 Å². The lowest BCUT2D eigenvalue weighted by Crippen LogP contribution is -2.24. The molecular weight excluding hydrogens is 354 g/mol. The predicted octanol–water partition coefficient (Wildman–Crippen LogP) is 2.53. The van der Waals surface area contributed by atoms with E-state index in [1.54, 1.807) is 0 Å². The number of oxazole rings is 1. The van der Waals surface area contributed by atoms with Crippen molar-refractivity contribution in [3.63, 3.8) is 0 Å². The van der Waals surface area contributed by atoms with E-state index in [1.807, 2.05) is 30.3 Å². The van der Waals surface area contributed by atoms with E-state index in [0.29, 0.717) is 11.9 Å². The van der Waals surface area contributed by atoms with Crippen LogP contribution in [0.25, 0.3) is 11.1 Å². The molecule has 0 unspecified atom stereocenters. The molecule has 0 atom stereocenters. The van der Waals surface area contributed by atoms with Gasteiger partial charge in [-0.15, -0.1) is 0 Å². The normalized spacial score (nSPS) is 10.8. The number of hydrogen-bond donors (Lipinski definition) is 1. The summed E-state index contributed by atoms with van der Waals surface area (Å²) in [6, 6.07) is 13.4. The van der Waals surface area contributed by atoms with Crippen LogP contribution >= 0.6 is 0 Å². The van der Waals surface area contributed by atoms with Crippen LogP contribution in [0.2, 0.25) is 0 Å². The summed E-state index contributed by atoms with van der Waals surface area (Å²) in [7, 11) is 0. The first kappa shape index (κ1) is 18.3. The highest BCUT2D eigenvalue weighted by molar-refractivity contribution is 5.76. The van der Waals surface area contributed by atoms with Gasteiger partial charge in [0.25, 0.3) is 5.69 Å². The van der Waals surface area contributed by atoms with Crippen LogP contribution in [0.1, 0.15) is 18.4 Å². The van der Waals surface area contributed by atoms with Crippen molar-refractivity contribution in [2.24, 2.45) is 0 Å². The van der Waals surface area contributed by atoms with Crippen LogP contribution in [-0.2, 0) is 22.8 Å². The highest BCUT2D eigenvalue weighted by Crippen LogP contribution is 2.20. The van der Waals surface area contributed by atoms with Crippen molar-refractivity contribution in [1.82, 2.24) is 10.0 Å². The number of aromatic nitrogens is 1. The van der Waals surface area contributed by atoms with Crippen LogP contribution in [0.3, 0.4) is 0 Å². The molecule has 1 N–H and O–H groups in total. The number of fused-ring (bicyclic) bond motifs is 1. The standard InChI is InChI=1S/C18H17N3O6/c22-17(19-26-12-13-5-2-1-3-6-13)7-4-10-20-15-9-8-14(21(24)25)11-16(15)27-18(20)23/h1-3,5-6,8-9,11H,4,7,10,12H2,(H,19,22). The van der Waals surface area contributed by atoms with Gasteiger partial charge in [0.05, 0.1) is 23.1 Å². The maximum Gasteiger partial charge on any atom is 0.419 e. The SMILES string of the molecule is O=C(CCCn1c(=O)oc2cc([N+](=O)[O-])ccc21)NOCc1ccccc1. The number of hydroxylamine groups is 1. The molecule has 9 heteroatoms. The first-order valence-electron chi connectivity index (χ1n) is 8.27. The van der Waals surface area contributed by atoms with Crippen LogP contribution in [0.4, 0.5) is 5.69 Å². The minimum atomic E-state index is -0.619. The Balaban J connectivity index is 1.51. The third kappa shape index (κ3) is 4.59. The monoisotopic (exact) mass is 371 g/mol. The lowest BCUT2D eigenvalue weighted by atomic mass is 10.2. The van der Waals surface area contributed by atoms with Crippen LogP contribution in [0, 0.1) is 10.1 Å². The van der Waals surface area contributed by atoms with Crippen LogP contribution < -0.4 is 11.2 Å². The number of hydrogen-bond acceptors (Lipinski definition) is 6. The summed E-state index contributed by atoms with van der Waals surface area (Å²) in [5, 5.41) is 10.8. The molecule has 140 valence electrons. The Morgan fingerprint density at radius 3 is 2.74 bits per heavy atom. The second-order valence-corrected chi connectivity index (χ2v) is 5.83. The van der Waals surface area contributed by atoms with Crippen molar-refractivity contribution in [1.29, 1.82) is 0 Å². The van der Waals surface area contributed by atoms with Crippen LogP contribution in [0.5, 0.6) is 0 Å². The molecule has 0 spiro atoms. The summed E-state index contributed by atoms with van der Waals surface area (Å²) < 4.78 is 6.38. The van der Waals surface area contributed by atoms with Crippen LogP contribution in [-0.4, -0.2) is 15.4 Å². The molecule has 3 rings (SSSR count). The number of nitro groups is 1. The molecule has 2 aromatic carbocycles. The second kappa shape index (κ2) is 8.28. The van der Waals surface area contributed by atoms with Gasteiger partial charge in [-0.05, 0) is 18.1 Å². The summed E-state index contributed by atoms with van der Waals surface area (Å²) in [5.41, 5.74) is 3.73.